The highest BCUT2D eigenvalue weighted by atomic mass is 35.5. The quantitative estimate of drug-likeness (QED) is 0.661. The number of anilines is 1. The second-order valence-corrected chi connectivity index (χ2v) is 7.34. The lowest BCUT2D eigenvalue weighted by Crippen LogP contribution is -2.50. The fourth-order valence-electron chi connectivity index (χ4n) is 3.46. The first-order valence-electron chi connectivity index (χ1n) is 8.77. The number of benzene rings is 2. The molecule has 9 heteroatoms. The Morgan fingerprint density at radius 1 is 1.11 bits per heavy atom. The van der Waals surface area contributed by atoms with Gasteiger partial charge in [-0.3, -0.25) is 0 Å². The maximum absolute atomic E-state index is 14.3. The van der Waals surface area contributed by atoms with Crippen LogP contribution in [0.3, 0.4) is 0 Å². The summed E-state index contributed by atoms with van der Waals surface area (Å²) in [5, 5.41) is 0.251. The van der Waals surface area contributed by atoms with Crippen LogP contribution in [0.15, 0.2) is 30.3 Å². The summed E-state index contributed by atoms with van der Waals surface area (Å²) < 4.78 is 57.3. The average Bonchev–Trinajstić information content (AvgIpc) is 2.97. The van der Waals surface area contributed by atoms with Crippen LogP contribution in [0.5, 0.6) is 0 Å². The van der Waals surface area contributed by atoms with Gasteiger partial charge in [0.05, 0.1) is 23.6 Å². The SMILES string of the molecule is NC1CN(c2nc3cc(F)c(F)cc3n2Cc2ccc(Cl)cc2F)CCC1F. The Morgan fingerprint density at radius 3 is 2.57 bits per heavy atom. The number of piperidine rings is 1. The maximum atomic E-state index is 14.3. The average molecular weight is 413 g/mol. The molecule has 2 aromatic carbocycles. The predicted octanol–water partition coefficient (Wildman–Crippen LogP) is 4.03. The Kier molecular flexibility index (Phi) is 4.93. The van der Waals surface area contributed by atoms with Crippen LogP contribution in [0.1, 0.15) is 12.0 Å². The lowest BCUT2D eigenvalue weighted by atomic mass is 10.1. The highest BCUT2D eigenvalue weighted by molar-refractivity contribution is 6.30. The molecule has 2 heterocycles. The van der Waals surface area contributed by atoms with E-state index in [0.717, 1.165) is 12.1 Å². The third-order valence-corrected chi connectivity index (χ3v) is 5.20. The number of hydrogen-bond acceptors (Lipinski definition) is 3. The van der Waals surface area contributed by atoms with Crippen molar-refractivity contribution in [2.45, 2.75) is 25.2 Å². The first-order chi connectivity index (χ1) is 13.3. The highest BCUT2D eigenvalue weighted by Crippen LogP contribution is 2.29. The van der Waals surface area contributed by atoms with Gasteiger partial charge in [0.15, 0.2) is 11.6 Å². The van der Waals surface area contributed by atoms with Gasteiger partial charge in [0.25, 0.3) is 0 Å². The van der Waals surface area contributed by atoms with Gasteiger partial charge in [-0.05, 0) is 18.6 Å². The second-order valence-electron chi connectivity index (χ2n) is 6.90. The van der Waals surface area contributed by atoms with Crippen LogP contribution in [0.2, 0.25) is 5.02 Å². The minimum absolute atomic E-state index is 0.0186. The Morgan fingerprint density at radius 2 is 1.86 bits per heavy atom. The summed E-state index contributed by atoms with van der Waals surface area (Å²) in [7, 11) is 0. The van der Waals surface area contributed by atoms with Gasteiger partial charge in [-0.15, -0.1) is 0 Å². The number of fused-ring (bicyclic) bond motifs is 1. The number of nitrogens with two attached hydrogens (primary N) is 1. The predicted molar refractivity (Wildman–Crippen MR) is 99.9 cm³/mol. The van der Waals surface area contributed by atoms with E-state index in [2.05, 4.69) is 4.98 Å². The molecule has 28 heavy (non-hydrogen) atoms. The van der Waals surface area contributed by atoms with Crippen LogP contribution >= 0.6 is 11.6 Å². The minimum atomic E-state index is -1.13. The minimum Gasteiger partial charge on any atom is -0.340 e. The standard InChI is InChI=1S/C19H17ClF4N4/c20-11-2-1-10(13(22)5-11)8-28-18-7-15(24)14(23)6-17(18)26-19(28)27-4-3-12(21)16(25)9-27/h1-2,5-7,12,16H,3-4,8-9,25H2. The summed E-state index contributed by atoms with van der Waals surface area (Å²) in [4.78, 5) is 6.15. The third kappa shape index (κ3) is 3.42. The lowest BCUT2D eigenvalue weighted by Gasteiger charge is -2.34. The lowest BCUT2D eigenvalue weighted by molar-refractivity contribution is 0.243. The van der Waals surface area contributed by atoms with Crippen molar-refractivity contribution in [1.82, 2.24) is 9.55 Å². The Balaban J connectivity index is 1.83. The largest absolute Gasteiger partial charge is 0.340 e. The van der Waals surface area contributed by atoms with E-state index in [0.29, 0.717) is 23.6 Å². The number of nitrogens with zero attached hydrogens (tertiary/aromatic N) is 3. The molecule has 0 saturated carbocycles. The van der Waals surface area contributed by atoms with Gasteiger partial charge >= 0.3 is 0 Å². The fourth-order valence-corrected chi connectivity index (χ4v) is 3.62. The molecule has 4 rings (SSSR count). The number of aromatic nitrogens is 2. The van der Waals surface area contributed by atoms with Gasteiger partial charge in [0, 0.05) is 35.8 Å². The van der Waals surface area contributed by atoms with Crippen LogP contribution in [0, 0.1) is 17.5 Å². The molecule has 2 N–H and O–H groups in total. The van der Waals surface area contributed by atoms with Gasteiger partial charge in [-0.2, -0.15) is 0 Å². The second kappa shape index (κ2) is 7.25. The van der Waals surface area contributed by atoms with E-state index in [4.69, 9.17) is 17.3 Å². The van der Waals surface area contributed by atoms with E-state index in [-0.39, 0.29) is 30.0 Å². The van der Waals surface area contributed by atoms with Crippen LogP contribution in [0.4, 0.5) is 23.5 Å². The summed E-state index contributed by atoms with van der Waals surface area (Å²) in [6.07, 6.45) is -0.916. The number of imidazole rings is 1. The van der Waals surface area contributed by atoms with Crippen molar-refractivity contribution in [2.24, 2.45) is 5.73 Å². The van der Waals surface area contributed by atoms with Gasteiger partial charge in [0.2, 0.25) is 5.95 Å². The summed E-state index contributed by atoms with van der Waals surface area (Å²) in [5.41, 5.74) is 6.67. The zero-order valence-corrected chi connectivity index (χ0v) is 15.4. The van der Waals surface area contributed by atoms with Crippen LogP contribution in [-0.4, -0.2) is 34.9 Å². The van der Waals surface area contributed by atoms with E-state index < -0.39 is 29.7 Å². The number of alkyl halides is 1. The highest BCUT2D eigenvalue weighted by Gasteiger charge is 2.29. The molecule has 0 bridgehead atoms. The monoisotopic (exact) mass is 412 g/mol. The van der Waals surface area contributed by atoms with Crippen molar-refractivity contribution in [3.05, 3.63) is 58.4 Å². The molecule has 2 unspecified atom stereocenters. The van der Waals surface area contributed by atoms with Crippen molar-refractivity contribution >= 4 is 28.6 Å². The summed E-state index contributed by atoms with van der Waals surface area (Å²) >= 11 is 5.81. The van der Waals surface area contributed by atoms with Crippen molar-refractivity contribution in [3.8, 4) is 0 Å². The van der Waals surface area contributed by atoms with E-state index in [1.807, 2.05) is 0 Å². The normalized spacial score (nSPS) is 20.1. The van der Waals surface area contributed by atoms with E-state index in [9.17, 15) is 17.6 Å². The van der Waals surface area contributed by atoms with Crippen molar-refractivity contribution in [3.63, 3.8) is 0 Å². The molecular weight excluding hydrogens is 396 g/mol. The van der Waals surface area contributed by atoms with Gasteiger partial charge in [-0.1, -0.05) is 17.7 Å². The molecule has 1 fully saturated rings. The van der Waals surface area contributed by atoms with E-state index >= 15 is 0 Å². The first kappa shape index (κ1) is 19.0. The molecule has 0 amide bonds. The molecule has 0 radical (unpaired) electrons. The van der Waals surface area contributed by atoms with Crippen molar-refractivity contribution < 1.29 is 17.6 Å². The molecule has 148 valence electrons. The molecule has 0 spiro atoms. The number of hydrogen-bond donors (Lipinski definition) is 1. The molecule has 1 aliphatic rings. The van der Waals surface area contributed by atoms with Crippen LogP contribution in [-0.2, 0) is 6.54 Å². The Bertz CT molecular complexity index is 1040. The van der Waals surface area contributed by atoms with Gasteiger partial charge < -0.3 is 15.2 Å². The first-order valence-corrected chi connectivity index (χ1v) is 9.15. The third-order valence-electron chi connectivity index (χ3n) is 4.97. The van der Waals surface area contributed by atoms with E-state index in [1.54, 1.807) is 15.5 Å². The van der Waals surface area contributed by atoms with Crippen LogP contribution in [0.25, 0.3) is 11.0 Å². The summed E-state index contributed by atoms with van der Waals surface area (Å²) in [5.74, 6) is -2.23. The maximum Gasteiger partial charge on any atom is 0.206 e. The molecule has 2 atom stereocenters. The Hall–Kier alpha value is -2.32. The number of halogens is 5. The van der Waals surface area contributed by atoms with Crippen molar-refractivity contribution in [2.75, 3.05) is 18.0 Å². The molecular formula is C19H17ClF4N4. The fraction of sp³-hybridized carbons (Fsp3) is 0.316. The molecule has 1 saturated heterocycles. The zero-order valence-electron chi connectivity index (χ0n) is 14.7. The van der Waals surface area contributed by atoms with E-state index in [1.165, 1.54) is 12.1 Å². The molecule has 0 aliphatic carbocycles. The van der Waals surface area contributed by atoms with Gasteiger partial charge in [-0.25, -0.2) is 22.5 Å². The summed E-state index contributed by atoms with van der Waals surface area (Å²) in [6.45, 7) is 0.551. The molecule has 1 aliphatic heterocycles. The zero-order chi connectivity index (χ0) is 20.0. The van der Waals surface area contributed by atoms with Gasteiger partial charge in [0.1, 0.15) is 12.0 Å². The topological polar surface area (TPSA) is 47.1 Å². The molecule has 1 aromatic heterocycles. The van der Waals surface area contributed by atoms with Crippen LogP contribution < -0.4 is 10.6 Å². The molecule has 4 nitrogen and oxygen atoms in total. The smallest absolute Gasteiger partial charge is 0.206 e. The number of rotatable bonds is 3. The van der Waals surface area contributed by atoms with Crippen molar-refractivity contribution in [1.29, 1.82) is 0 Å². The summed E-state index contributed by atoms with van der Waals surface area (Å²) in [6, 6.07) is 5.56. The molecule has 3 aromatic rings. The Labute approximate surface area is 163 Å².